The molecule has 2 aliphatic rings. The number of hydrogen-bond donors (Lipinski definition) is 2. The number of urea groups is 1. The first-order chi connectivity index (χ1) is 12.2. The topological polar surface area (TPSA) is 74.3 Å². The lowest BCUT2D eigenvalue weighted by Gasteiger charge is -2.33. The third kappa shape index (κ3) is 5.18. The molecule has 1 aromatic heterocycles. The number of nitrogens with zero attached hydrogens (tertiary/aromatic N) is 2. The van der Waals surface area contributed by atoms with E-state index in [-0.39, 0.29) is 17.9 Å². The van der Waals surface area contributed by atoms with E-state index >= 15 is 0 Å². The Morgan fingerprint density at radius 1 is 1.12 bits per heavy atom. The Bertz CT molecular complexity index is 564. The highest BCUT2D eigenvalue weighted by atomic mass is 16.2. The average molecular weight is 344 g/mol. The second-order valence-electron chi connectivity index (χ2n) is 7.12. The van der Waals surface area contributed by atoms with Crippen molar-refractivity contribution in [3.63, 3.8) is 0 Å². The minimum absolute atomic E-state index is 0.00426. The van der Waals surface area contributed by atoms with Gasteiger partial charge in [0.2, 0.25) is 5.91 Å². The summed E-state index contributed by atoms with van der Waals surface area (Å²) >= 11 is 0. The Kier molecular flexibility index (Phi) is 6.25. The van der Waals surface area contributed by atoms with Crippen LogP contribution in [0.5, 0.6) is 0 Å². The van der Waals surface area contributed by atoms with Crippen LogP contribution in [0.2, 0.25) is 0 Å². The molecule has 3 amide bonds. The number of carbonyl (C=O) groups is 2. The number of amides is 3. The molecule has 6 nitrogen and oxygen atoms in total. The van der Waals surface area contributed by atoms with Crippen molar-refractivity contribution in [3.05, 3.63) is 30.1 Å². The van der Waals surface area contributed by atoms with Crippen molar-refractivity contribution in [2.24, 2.45) is 5.92 Å². The quantitative estimate of drug-likeness (QED) is 0.881. The summed E-state index contributed by atoms with van der Waals surface area (Å²) in [7, 11) is 0. The van der Waals surface area contributed by atoms with Crippen LogP contribution in [-0.4, -0.2) is 41.0 Å². The predicted molar refractivity (Wildman–Crippen MR) is 95.8 cm³/mol. The Balaban J connectivity index is 1.38. The largest absolute Gasteiger partial charge is 0.352 e. The van der Waals surface area contributed by atoms with Gasteiger partial charge in [0.1, 0.15) is 0 Å². The molecule has 0 radical (unpaired) electrons. The highest BCUT2D eigenvalue weighted by molar-refractivity contribution is 5.79. The number of likely N-dealkylation sites (tertiary alicyclic amines) is 1. The molecule has 2 N–H and O–H groups in total. The van der Waals surface area contributed by atoms with Crippen LogP contribution in [0, 0.1) is 5.92 Å². The third-order valence-electron chi connectivity index (χ3n) is 5.28. The fourth-order valence-electron chi connectivity index (χ4n) is 3.69. The molecule has 1 aliphatic heterocycles. The second kappa shape index (κ2) is 8.83. The van der Waals surface area contributed by atoms with Crippen molar-refractivity contribution >= 4 is 11.9 Å². The van der Waals surface area contributed by atoms with Crippen LogP contribution in [0.3, 0.4) is 0 Å². The molecule has 1 aliphatic carbocycles. The molecule has 136 valence electrons. The van der Waals surface area contributed by atoms with E-state index in [1.165, 1.54) is 19.3 Å². The van der Waals surface area contributed by atoms with Gasteiger partial charge >= 0.3 is 6.03 Å². The smallest absolute Gasteiger partial charge is 0.317 e. The highest BCUT2D eigenvalue weighted by Crippen LogP contribution is 2.20. The first-order valence-electron chi connectivity index (χ1n) is 9.44. The van der Waals surface area contributed by atoms with Gasteiger partial charge in [-0.1, -0.05) is 25.3 Å². The van der Waals surface area contributed by atoms with E-state index < -0.39 is 0 Å². The molecular formula is C19H28N4O2. The van der Waals surface area contributed by atoms with Crippen LogP contribution in [0.25, 0.3) is 0 Å². The Hall–Kier alpha value is -2.11. The SMILES string of the molecule is O=C(NCc1cccnc1)C1CCN(C(=O)NC2CCCCC2)CC1. The minimum atomic E-state index is -0.00426. The lowest BCUT2D eigenvalue weighted by molar-refractivity contribution is -0.126. The third-order valence-corrected chi connectivity index (χ3v) is 5.28. The van der Waals surface area contributed by atoms with E-state index in [9.17, 15) is 9.59 Å². The van der Waals surface area contributed by atoms with E-state index in [2.05, 4.69) is 15.6 Å². The molecule has 0 spiro atoms. The van der Waals surface area contributed by atoms with Gasteiger partial charge in [0.25, 0.3) is 0 Å². The fraction of sp³-hybridized carbons (Fsp3) is 0.632. The number of aromatic nitrogens is 1. The van der Waals surface area contributed by atoms with Crippen LogP contribution < -0.4 is 10.6 Å². The maximum atomic E-state index is 12.4. The zero-order chi connectivity index (χ0) is 17.5. The van der Waals surface area contributed by atoms with Gasteiger partial charge < -0.3 is 15.5 Å². The van der Waals surface area contributed by atoms with Crippen molar-refractivity contribution < 1.29 is 9.59 Å². The number of rotatable bonds is 4. The number of pyridine rings is 1. The number of carbonyl (C=O) groups excluding carboxylic acids is 2. The van der Waals surface area contributed by atoms with Gasteiger partial charge in [-0.25, -0.2) is 4.79 Å². The zero-order valence-electron chi connectivity index (χ0n) is 14.7. The molecule has 3 rings (SSSR count). The maximum absolute atomic E-state index is 12.4. The van der Waals surface area contributed by atoms with E-state index in [1.54, 1.807) is 12.4 Å². The Morgan fingerprint density at radius 3 is 2.56 bits per heavy atom. The van der Waals surface area contributed by atoms with Crippen LogP contribution in [0.4, 0.5) is 4.79 Å². The van der Waals surface area contributed by atoms with Gasteiger partial charge in [-0.15, -0.1) is 0 Å². The maximum Gasteiger partial charge on any atom is 0.317 e. The van der Waals surface area contributed by atoms with Crippen molar-refractivity contribution in [2.45, 2.75) is 57.5 Å². The summed E-state index contributed by atoms with van der Waals surface area (Å²) in [6.45, 7) is 1.82. The summed E-state index contributed by atoms with van der Waals surface area (Å²) in [6, 6.07) is 4.19. The zero-order valence-corrected chi connectivity index (χ0v) is 14.7. The second-order valence-corrected chi connectivity index (χ2v) is 7.12. The number of piperidine rings is 1. The van der Waals surface area contributed by atoms with Crippen LogP contribution in [-0.2, 0) is 11.3 Å². The lowest BCUT2D eigenvalue weighted by Crippen LogP contribution is -2.49. The van der Waals surface area contributed by atoms with Crippen LogP contribution in [0.15, 0.2) is 24.5 Å². The van der Waals surface area contributed by atoms with E-state index in [0.29, 0.717) is 25.7 Å². The van der Waals surface area contributed by atoms with Crippen molar-refractivity contribution in [2.75, 3.05) is 13.1 Å². The molecule has 1 saturated carbocycles. The molecule has 2 heterocycles. The average Bonchev–Trinajstić information content (AvgIpc) is 2.68. The standard InChI is InChI=1S/C19H28N4O2/c24-18(21-14-15-5-4-10-20-13-15)16-8-11-23(12-9-16)19(25)22-17-6-2-1-3-7-17/h4-5,10,13,16-17H,1-3,6-9,11-12,14H2,(H,21,24)(H,22,25). The molecule has 6 heteroatoms. The van der Waals surface area contributed by atoms with Gasteiger partial charge in [-0.2, -0.15) is 0 Å². The van der Waals surface area contributed by atoms with Gasteiger partial charge in [0, 0.05) is 44.0 Å². The van der Waals surface area contributed by atoms with E-state index in [4.69, 9.17) is 0 Å². The predicted octanol–water partition coefficient (Wildman–Crippen LogP) is 2.45. The minimum Gasteiger partial charge on any atom is -0.352 e. The van der Waals surface area contributed by atoms with Crippen molar-refractivity contribution in [1.29, 1.82) is 0 Å². The molecule has 0 aromatic carbocycles. The Morgan fingerprint density at radius 2 is 1.88 bits per heavy atom. The van der Waals surface area contributed by atoms with Crippen molar-refractivity contribution in [1.82, 2.24) is 20.5 Å². The summed E-state index contributed by atoms with van der Waals surface area (Å²) in [6.07, 6.45) is 10.9. The van der Waals surface area contributed by atoms with Crippen LogP contribution in [0.1, 0.15) is 50.5 Å². The summed E-state index contributed by atoms with van der Waals surface area (Å²) < 4.78 is 0. The molecule has 0 bridgehead atoms. The van der Waals surface area contributed by atoms with Gasteiger partial charge in [0.05, 0.1) is 0 Å². The Labute approximate surface area is 149 Å². The first kappa shape index (κ1) is 17.7. The molecule has 2 fully saturated rings. The fourth-order valence-corrected chi connectivity index (χ4v) is 3.69. The van der Waals surface area contributed by atoms with Gasteiger partial charge in [0.15, 0.2) is 0 Å². The van der Waals surface area contributed by atoms with E-state index in [0.717, 1.165) is 31.2 Å². The monoisotopic (exact) mass is 344 g/mol. The van der Waals surface area contributed by atoms with Gasteiger partial charge in [-0.05, 0) is 37.3 Å². The summed E-state index contributed by atoms with van der Waals surface area (Å²) in [5, 5.41) is 6.14. The van der Waals surface area contributed by atoms with Crippen molar-refractivity contribution in [3.8, 4) is 0 Å². The number of nitrogens with one attached hydrogen (secondary N) is 2. The van der Waals surface area contributed by atoms with Gasteiger partial charge in [-0.3, -0.25) is 9.78 Å². The molecule has 1 saturated heterocycles. The molecule has 0 atom stereocenters. The highest BCUT2D eigenvalue weighted by Gasteiger charge is 2.28. The molecule has 1 aromatic rings. The normalized spacial score (nSPS) is 19.4. The summed E-state index contributed by atoms with van der Waals surface area (Å²) in [5.74, 6) is 0.0755. The lowest BCUT2D eigenvalue weighted by atomic mass is 9.95. The van der Waals surface area contributed by atoms with Crippen LogP contribution >= 0.6 is 0 Å². The van der Waals surface area contributed by atoms with E-state index in [1.807, 2.05) is 17.0 Å². The molecule has 25 heavy (non-hydrogen) atoms. The summed E-state index contributed by atoms with van der Waals surface area (Å²) in [5.41, 5.74) is 1.00. The molecule has 0 unspecified atom stereocenters. The first-order valence-corrected chi connectivity index (χ1v) is 9.44. The molecular weight excluding hydrogens is 316 g/mol. The summed E-state index contributed by atoms with van der Waals surface area (Å²) in [4.78, 5) is 30.6. The number of hydrogen-bond acceptors (Lipinski definition) is 3.